The van der Waals surface area contributed by atoms with Crippen molar-refractivity contribution in [2.45, 2.75) is 39.2 Å². The maximum Gasteiger partial charge on any atom is 0.506 e. The van der Waals surface area contributed by atoms with Crippen LogP contribution < -0.4 is 9.47 Å². The van der Waals surface area contributed by atoms with Crippen molar-refractivity contribution < 1.29 is 52.9 Å². The van der Waals surface area contributed by atoms with Gasteiger partial charge in [-0.25, -0.2) is 4.79 Å². The van der Waals surface area contributed by atoms with Crippen LogP contribution in [0.5, 0.6) is 11.5 Å². The Morgan fingerprint density at radius 3 is 2.19 bits per heavy atom. The van der Waals surface area contributed by atoms with Gasteiger partial charge in [-0.15, -0.1) is 9.90 Å². The fourth-order valence-electron chi connectivity index (χ4n) is 3.61. The van der Waals surface area contributed by atoms with Crippen molar-refractivity contribution >= 4 is 29.6 Å². The second-order valence-corrected chi connectivity index (χ2v) is 8.43. The Bertz CT molecular complexity index is 1470. The van der Waals surface area contributed by atoms with Gasteiger partial charge in [0.2, 0.25) is 12.5 Å². The van der Waals surface area contributed by atoms with Crippen LogP contribution in [0.25, 0.3) is 0 Å². The molecule has 16 nitrogen and oxygen atoms in total. The number of ketones is 1. The van der Waals surface area contributed by atoms with Gasteiger partial charge in [-0.2, -0.15) is 5.10 Å². The molecule has 1 N–H and O–H groups in total. The van der Waals surface area contributed by atoms with Crippen LogP contribution in [0.1, 0.15) is 53.2 Å². The van der Waals surface area contributed by atoms with E-state index in [1.54, 1.807) is 24.3 Å². The van der Waals surface area contributed by atoms with Crippen molar-refractivity contribution in [1.29, 1.82) is 0 Å². The summed E-state index contributed by atoms with van der Waals surface area (Å²) in [5.74, 6) is -2.46. The lowest BCUT2D eigenvalue weighted by Crippen LogP contribution is -2.14. The molecule has 0 amide bonds. The number of aromatic nitrogens is 3. The van der Waals surface area contributed by atoms with E-state index >= 15 is 0 Å². The number of nitrogens with zero attached hydrogens (tertiary/aromatic N) is 4. The minimum absolute atomic E-state index is 0.00597. The second-order valence-electron chi connectivity index (χ2n) is 8.43. The number of methoxy groups -OCH3 is 2. The molecule has 0 radical (unpaired) electrons. The van der Waals surface area contributed by atoms with Gasteiger partial charge in [0.15, 0.2) is 17.2 Å². The van der Waals surface area contributed by atoms with E-state index in [0.29, 0.717) is 0 Å². The summed E-state index contributed by atoms with van der Waals surface area (Å²) in [7, 11) is 2.52. The van der Waals surface area contributed by atoms with Crippen LogP contribution in [0, 0.1) is 10.1 Å². The fraction of sp³-hybridized carbons (Fsp3) is 0.308. The number of carboxylic acid groups (broad SMARTS) is 1. The normalized spacial score (nSPS) is 11.2. The maximum atomic E-state index is 13.5. The van der Waals surface area contributed by atoms with Crippen molar-refractivity contribution in [2.24, 2.45) is 0 Å². The second kappa shape index (κ2) is 14.2. The average Bonchev–Trinajstić information content (AvgIpc) is 3.41. The van der Waals surface area contributed by atoms with E-state index in [2.05, 4.69) is 10.2 Å². The van der Waals surface area contributed by atoms with Crippen LogP contribution in [0.4, 0.5) is 10.5 Å². The number of hydrogen-bond acceptors (Lipinski definition) is 13. The Morgan fingerprint density at radius 1 is 0.976 bits per heavy atom. The van der Waals surface area contributed by atoms with Crippen LogP contribution in [0.15, 0.2) is 42.5 Å². The van der Waals surface area contributed by atoms with Crippen molar-refractivity contribution in [3.05, 3.63) is 75.1 Å². The largest absolute Gasteiger partial charge is 0.506 e. The molecule has 3 aromatic rings. The molecule has 0 fully saturated rings. The van der Waals surface area contributed by atoms with Crippen LogP contribution in [0.2, 0.25) is 0 Å². The van der Waals surface area contributed by atoms with Gasteiger partial charge in [0.25, 0.3) is 5.69 Å². The molecular weight excluding hydrogens is 560 g/mol. The summed E-state index contributed by atoms with van der Waals surface area (Å²) in [5.41, 5.74) is -1.12. The number of nitro benzene ring substituents is 1. The highest BCUT2D eigenvalue weighted by Gasteiger charge is 2.32. The third-order valence-corrected chi connectivity index (χ3v) is 5.62. The van der Waals surface area contributed by atoms with Gasteiger partial charge in [0, 0.05) is 6.07 Å². The summed E-state index contributed by atoms with van der Waals surface area (Å²) >= 11 is 0. The molecule has 1 heterocycles. The van der Waals surface area contributed by atoms with Gasteiger partial charge >= 0.3 is 18.1 Å². The van der Waals surface area contributed by atoms with E-state index in [9.17, 15) is 29.3 Å². The van der Waals surface area contributed by atoms with E-state index in [0.717, 1.165) is 22.5 Å². The van der Waals surface area contributed by atoms with Gasteiger partial charge in [-0.05, 0) is 12.5 Å². The van der Waals surface area contributed by atoms with E-state index < -0.39 is 58.6 Å². The van der Waals surface area contributed by atoms with Gasteiger partial charge in [0.05, 0.1) is 38.1 Å². The first-order chi connectivity index (χ1) is 20.0. The highest BCUT2D eigenvalue weighted by molar-refractivity contribution is 6.11. The zero-order valence-electron chi connectivity index (χ0n) is 22.7. The molecular formula is C26H26N4O12. The Labute approximate surface area is 237 Å². The van der Waals surface area contributed by atoms with E-state index in [1.165, 1.54) is 21.1 Å². The van der Waals surface area contributed by atoms with Crippen molar-refractivity contribution in [3.63, 3.8) is 0 Å². The Morgan fingerprint density at radius 2 is 1.60 bits per heavy atom. The number of benzene rings is 2. The third kappa shape index (κ3) is 8.00. The van der Waals surface area contributed by atoms with Crippen molar-refractivity contribution in [3.8, 4) is 11.5 Å². The maximum absolute atomic E-state index is 13.5. The van der Waals surface area contributed by atoms with Gasteiger partial charge < -0.3 is 28.8 Å². The first-order valence-electron chi connectivity index (χ1n) is 12.2. The molecule has 0 spiro atoms. The number of carbonyl (C=O) groups excluding carboxylic acids is 3. The molecule has 0 aliphatic heterocycles. The fourth-order valence-corrected chi connectivity index (χ4v) is 3.61. The van der Waals surface area contributed by atoms with Crippen LogP contribution in [-0.2, 0) is 37.1 Å². The molecule has 0 saturated heterocycles. The average molecular weight is 587 g/mol. The molecule has 42 heavy (non-hydrogen) atoms. The molecule has 1 atom stereocenters. The lowest BCUT2D eigenvalue weighted by atomic mass is 10.0. The highest BCUT2D eigenvalue weighted by atomic mass is 16.7. The number of rotatable bonds is 14. The minimum Gasteiger partial charge on any atom is -0.493 e. The molecule has 2 aromatic carbocycles. The topological polar surface area (TPSA) is 209 Å². The van der Waals surface area contributed by atoms with Crippen molar-refractivity contribution in [2.75, 3.05) is 14.2 Å². The number of carbonyl (C=O) groups is 4. The monoisotopic (exact) mass is 586 g/mol. The first-order valence-corrected chi connectivity index (χ1v) is 12.2. The number of hydrogen-bond donors (Lipinski definition) is 1. The molecule has 0 aliphatic carbocycles. The lowest BCUT2D eigenvalue weighted by Gasteiger charge is -2.11. The molecule has 3 rings (SSSR count). The Hall–Kier alpha value is -5.54. The lowest BCUT2D eigenvalue weighted by molar-refractivity contribution is -0.385. The molecule has 222 valence electrons. The van der Waals surface area contributed by atoms with E-state index in [1.807, 2.05) is 6.07 Å². The summed E-state index contributed by atoms with van der Waals surface area (Å²) in [4.78, 5) is 60.4. The minimum atomic E-state index is -1.68. The molecule has 1 unspecified atom stereocenters. The highest BCUT2D eigenvalue weighted by Crippen LogP contribution is 2.36. The number of nitro groups is 1. The van der Waals surface area contributed by atoms with E-state index in [4.69, 9.17) is 28.8 Å². The Kier molecular flexibility index (Phi) is 10.5. The molecule has 0 aliphatic rings. The third-order valence-electron chi connectivity index (χ3n) is 5.62. The number of esters is 2. The molecule has 16 heteroatoms. The molecule has 0 bridgehead atoms. The van der Waals surface area contributed by atoms with Crippen LogP contribution in [0.3, 0.4) is 0 Å². The summed E-state index contributed by atoms with van der Waals surface area (Å²) in [5, 5.41) is 28.7. The SMILES string of the molecule is COc1cc(C(=O)c2nn(COC(=O)CCC(=O)OCc3ccccc3)nc2C(C)OC(=O)O)c([N+](=O)[O-])cc1OC. The smallest absolute Gasteiger partial charge is 0.493 e. The molecule has 0 saturated carbocycles. The van der Waals surface area contributed by atoms with Gasteiger partial charge in [0.1, 0.15) is 24.0 Å². The first kappa shape index (κ1) is 31.0. The zero-order valence-corrected chi connectivity index (χ0v) is 22.7. The predicted octanol–water partition coefficient (Wildman–Crippen LogP) is 3.21. The quantitative estimate of drug-likeness (QED) is 0.0946. The summed E-state index contributed by atoms with van der Waals surface area (Å²) in [6, 6.07) is 11.0. The summed E-state index contributed by atoms with van der Waals surface area (Å²) in [6.07, 6.45) is -3.62. The Balaban J connectivity index is 1.76. The molecule has 1 aromatic heterocycles. The van der Waals surface area contributed by atoms with E-state index in [-0.39, 0.29) is 36.6 Å². The summed E-state index contributed by atoms with van der Waals surface area (Å²) < 4.78 is 25.1. The van der Waals surface area contributed by atoms with Crippen LogP contribution in [-0.4, -0.2) is 63.1 Å². The van der Waals surface area contributed by atoms with Crippen molar-refractivity contribution in [1.82, 2.24) is 15.0 Å². The van der Waals surface area contributed by atoms with Gasteiger partial charge in [-0.1, -0.05) is 30.3 Å². The zero-order chi connectivity index (χ0) is 30.8. The summed E-state index contributed by atoms with van der Waals surface area (Å²) in [6.45, 7) is 0.668. The van der Waals surface area contributed by atoms with Gasteiger partial charge in [-0.3, -0.25) is 24.5 Å². The number of ether oxygens (including phenoxy) is 5. The predicted molar refractivity (Wildman–Crippen MR) is 139 cm³/mol. The van der Waals surface area contributed by atoms with Crippen LogP contribution >= 0.6 is 0 Å². The standard InChI is InChI=1S/C26H26N4O12/c1-15(42-26(34)35)23-24(25(33)17-11-19(38-2)20(39-3)12-18(17)30(36)37)28-29(27-23)14-41-22(32)10-9-21(31)40-13-16-7-5-4-6-8-16/h4-8,11-12,15H,9-10,13-14H2,1-3H3,(H,34,35).